The van der Waals surface area contributed by atoms with Crippen LogP contribution < -0.4 is 0 Å². The third-order valence-electron chi connectivity index (χ3n) is 3.14. The van der Waals surface area contributed by atoms with Crippen LogP contribution in [0.3, 0.4) is 0 Å². The first-order valence-corrected chi connectivity index (χ1v) is 7.47. The molecule has 1 aromatic carbocycles. The zero-order valence-corrected chi connectivity index (χ0v) is 13.7. The number of aromatic nitrogens is 2. The van der Waals surface area contributed by atoms with Crippen molar-refractivity contribution in [2.45, 2.75) is 6.42 Å². The molecule has 5 nitrogen and oxygen atoms in total. The highest BCUT2D eigenvalue weighted by atomic mass is 79.9. The first kappa shape index (κ1) is 15.7. The molecule has 0 radical (unpaired) electrons. The fraction of sp³-hybridized carbons (Fsp3) is 0.333. The number of amides is 1. The van der Waals surface area contributed by atoms with Crippen molar-refractivity contribution in [3.63, 3.8) is 0 Å². The number of methoxy groups -OCH3 is 1. The van der Waals surface area contributed by atoms with Crippen LogP contribution in [-0.4, -0.2) is 48.3 Å². The Balaban J connectivity index is 2.05. The number of H-pyrrole nitrogens is 1. The van der Waals surface area contributed by atoms with Gasteiger partial charge in [-0.05, 0) is 24.6 Å². The third kappa shape index (κ3) is 4.15. The minimum Gasteiger partial charge on any atom is -0.385 e. The van der Waals surface area contributed by atoms with Crippen molar-refractivity contribution in [2.24, 2.45) is 0 Å². The van der Waals surface area contributed by atoms with Crippen molar-refractivity contribution in [1.82, 2.24) is 15.1 Å². The number of aromatic amines is 1. The quantitative estimate of drug-likeness (QED) is 0.814. The number of hydrogen-bond acceptors (Lipinski definition) is 3. The molecule has 1 heterocycles. The van der Waals surface area contributed by atoms with Crippen LogP contribution in [0.25, 0.3) is 11.3 Å². The molecule has 0 saturated carbocycles. The summed E-state index contributed by atoms with van der Waals surface area (Å²) < 4.78 is 6.00. The summed E-state index contributed by atoms with van der Waals surface area (Å²) in [5.41, 5.74) is 2.22. The molecule has 0 bridgehead atoms. The van der Waals surface area contributed by atoms with E-state index in [1.165, 1.54) is 0 Å². The summed E-state index contributed by atoms with van der Waals surface area (Å²) in [6.45, 7) is 1.30. The Morgan fingerprint density at radius 2 is 2.10 bits per heavy atom. The molecule has 0 unspecified atom stereocenters. The smallest absolute Gasteiger partial charge is 0.271 e. The zero-order chi connectivity index (χ0) is 15.2. The molecule has 0 fully saturated rings. The number of ether oxygens (including phenoxy) is 1. The van der Waals surface area contributed by atoms with Crippen LogP contribution in [0.15, 0.2) is 34.8 Å². The molecule has 112 valence electrons. The molecular formula is C15H18BrN3O2. The minimum absolute atomic E-state index is 0.0676. The molecule has 1 amide bonds. The SMILES string of the molecule is COCCCN(C)C(=O)c1cc(-c2ccc(Br)cc2)n[nH]1. The predicted molar refractivity (Wildman–Crippen MR) is 85.2 cm³/mol. The highest BCUT2D eigenvalue weighted by Gasteiger charge is 2.15. The lowest BCUT2D eigenvalue weighted by molar-refractivity contribution is 0.0773. The Morgan fingerprint density at radius 3 is 2.76 bits per heavy atom. The lowest BCUT2D eigenvalue weighted by Crippen LogP contribution is -2.28. The Hall–Kier alpha value is -1.66. The second-order valence-corrected chi connectivity index (χ2v) is 5.66. The van der Waals surface area contributed by atoms with Gasteiger partial charge in [-0.1, -0.05) is 28.1 Å². The summed E-state index contributed by atoms with van der Waals surface area (Å²) in [4.78, 5) is 13.9. The van der Waals surface area contributed by atoms with Crippen molar-refractivity contribution >= 4 is 21.8 Å². The second-order valence-electron chi connectivity index (χ2n) is 4.75. The molecule has 0 aliphatic carbocycles. The molecule has 21 heavy (non-hydrogen) atoms. The van der Waals surface area contributed by atoms with E-state index in [1.807, 2.05) is 24.3 Å². The Bertz CT molecular complexity index is 595. The standard InChI is InChI=1S/C15H18BrN3O2/c1-19(8-3-9-21-2)15(20)14-10-13(17-18-14)11-4-6-12(16)7-5-11/h4-7,10H,3,8-9H2,1-2H3,(H,17,18). The lowest BCUT2D eigenvalue weighted by Gasteiger charge is -2.15. The van der Waals surface area contributed by atoms with E-state index in [2.05, 4.69) is 26.1 Å². The number of rotatable bonds is 6. The van der Waals surface area contributed by atoms with Gasteiger partial charge < -0.3 is 9.64 Å². The van der Waals surface area contributed by atoms with Crippen LogP contribution in [0.1, 0.15) is 16.9 Å². The number of carbonyl (C=O) groups is 1. The zero-order valence-electron chi connectivity index (χ0n) is 12.1. The van der Waals surface area contributed by atoms with Gasteiger partial charge in [0.1, 0.15) is 5.69 Å². The van der Waals surface area contributed by atoms with Gasteiger partial charge in [0.05, 0.1) is 5.69 Å². The normalized spacial score (nSPS) is 10.6. The van der Waals surface area contributed by atoms with E-state index in [0.717, 1.165) is 22.2 Å². The van der Waals surface area contributed by atoms with Crippen molar-refractivity contribution in [1.29, 1.82) is 0 Å². The first-order chi connectivity index (χ1) is 10.1. The number of nitrogens with zero attached hydrogens (tertiary/aromatic N) is 2. The van der Waals surface area contributed by atoms with Crippen LogP contribution in [0, 0.1) is 0 Å². The molecule has 1 N–H and O–H groups in total. The lowest BCUT2D eigenvalue weighted by atomic mass is 10.1. The van der Waals surface area contributed by atoms with Gasteiger partial charge in [-0.2, -0.15) is 5.10 Å². The summed E-state index contributed by atoms with van der Waals surface area (Å²) >= 11 is 3.40. The monoisotopic (exact) mass is 351 g/mol. The maximum absolute atomic E-state index is 12.2. The van der Waals surface area contributed by atoms with Crippen molar-refractivity contribution < 1.29 is 9.53 Å². The van der Waals surface area contributed by atoms with Gasteiger partial charge in [0.2, 0.25) is 0 Å². The van der Waals surface area contributed by atoms with Gasteiger partial charge in [-0.25, -0.2) is 0 Å². The predicted octanol–water partition coefficient (Wildman–Crippen LogP) is 2.95. The Morgan fingerprint density at radius 1 is 1.38 bits per heavy atom. The van der Waals surface area contributed by atoms with Gasteiger partial charge in [0.25, 0.3) is 5.91 Å². The summed E-state index contributed by atoms with van der Waals surface area (Å²) in [7, 11) is 3.43. The second kappa shape index (κ2) is 7.38. The molecule has 6 heteroatoms. The van der Waals surface area contributed by atoms with E-state index in [9.17, 15) is 4.79 Å². The van der Waals surface area contributed by atoms with E-state index in [0.29, 0.717) is 18.8 Å². The van der Waals surface area contributed by atoms with Crippen molar-refractivity contribution in [3.8, 4) is 11.3 Å². The van der Waals surface area contributed by atoms with Gasteiger partial charge in [0.15, 0.2) is 0 Å². The van der Waals surface area contributed by atoms with Crippen LogP contribution in [0.4, 0.5) is 0 Å². The van der Waals surface area contributed by atoms with Crippen LogP contribution in [0.5, 0.6) is 0 Å². The van der Waals surface area contributed by atoms with Gasteiger partial charge in [-0.3, -0.25) is 9.89 Å². The first-order valence-electron chi connectivity index (χ1n) is 6.67. The van der Waals surface area contributed by atoms with Crippen LogP contribution in [-0.2, 0) is 4.74 Å². The van der Waals surface area contributed by atoms with Crippen LogP contribution >= 0.6 is 15.9 Å². The highest BCUT2D eigenvalue weighted by Crippen LogP contribution is 2.20. The number of carbonyl (C=O) groups excluding carboxylic acids is 1. The molecule has 2 aromatic rings. The molecule has 0 spiro atoms. The van der Waals surface area contributed by atoms with E-state index in [4.69, 9.17) is 4.74 Å². The molecule has 0 saturated heterocycles. The number of halogens is 1. The molecule has 1 aromatic heterocycles. The summed E-state index contributed by atoms with van der Waals surface area (Å²) in [5, 5.41) is 7.01. The minimum atomic E-state index is -0.0676. The Kier molecular flexibility index (Phi) is 5.52. The number of hydrogen-bond donors (Lipinski definition) is 1. The average Bonchev–Trinajstić information content (AvgIpc) is 2.97. The largest absolute Gasteiger partial charge is 0.385 e. The van der Waals surface area contributed by atoms with Crippen molar-refractivity contribution in [3.05, 3.63) is 40.5 Å². The average molecular weight is 352 g/mol. The molecule has 0 aliphatic rings. The summed E-state index contributed by atoms with van der Waals surface area (Å²) in [5.74, 6) is -0.0676. The van der Waals surface area contributed by atoms with E-state index in [-0.39, 0.29) is 5.91 Å². The van der Waals surface area contributed by atoms with Crippen LogP contribution in [0.2, 0.25) is 0 Å². The summed E-state index contributed by atoms with van der Waals surface area (Å²) in [6.07, 6.45) is 0.812. The maximum atomic E-state index is 12.2. The highest BCUT2D eigenvalue weighted by molar-refractivity contribution is 9.10. The van der Waals surface area contributed by atoms with E-state index < -0.39 is 0 Å². The van der Waals surface area contributed by atoms with Crippen molar-refractivity contribution in [2.75, 3.05) is 27.3 Å². The third-order valence-corrected chi connectivity index (χ3v) is 3.67. The van der Waals surface area contributed by atoms with Gasteiger partial charge in [-0.15, -0.1) is 0 Å². The van der Waals surface area contributed by atoms with E-state index in [1.54, 1.807) is 25.1 Å². The maximum Gasteiger partial charge on any atom is 0.271 e. The number of benzene rings is 1. The fourth-order valence-corrected chi connectivity index (χ4v) is 2.22. The van der Waals surface area contributed by atoms with E-state index >= 15 is 0 Å². The van der Waals surface area contributed by atoms with Gasteiger partial charge in [0, 0.05) is 37.3 Å². The molecule has 0 atom stereocenters. The molecule has 2 rings (SSSR count). The Labute approximate surface area is 132 Å². The molecule has 0 aliphatic heterocycles. The molecular weight excluding hydrogens is 334 g/mol. The summed E-state index contributed by atoms with van der Waals surface area (Å²) in [6, 6.07) is 9.58. The van der Waals surface area contributed by atoms with Gasteiger partial charge >= 0.3 is 0 Å². The number of nitrogens with one attached hydrogen (secondary N) is 1. The topological polar surface area (TPSA) is 58.2 Å². The fourth-order valence-electron chi connectivity index (χ4n) is 1.95.